The van der Waals surface area contributed by atoms with Gasteiger partial charge >= 0.3 is 0 Å². The third-order valence-electron chi connectivity index (χ3n) is 3.35. The van der Waals surface area contributed by atoms with E-state index in [1.54, 1.807) is 18.2 Å². The fourth-order valence-corrected chi connectivity index (χ4v) is 4.22. The number of hydrogen-bond acceptors (Lipinski definition) is 3. The summed E-state index contributed by atoms with van der Waals surface area (Å²) >= 11 is 3.31. The molecule has 0 spiro atoms. The first-order valence-electron chi connectivity index (χ1n) is 6.62. The summed E-state index contributed by atoms with van der Waals surface area (Å²) in [7, 11) is -3.25. The predicted octanol–water partition coefficient (Wildman–Crippen LogP) is 3.25. The van der Waals surface area contributed by atoms with E-state index in [0.29, 0.717) is 10.8 Å². The Bertz CT molecular complexity index is 502. The lowest BCUT2D eigenvalue weighted by atomic mass is 10.0. The molecule has 108 valence electrons. The van der Waals surface area contributed by atoms with E-state index in [1.807, 2.05) is 13.0 Å². The van der Waals surface area contributed by atoms with Gasteiger partial charge in [-0.05, 0) is 30.7 Å². The highest BCUT2D eigenvalue weighted by molar-refractivity contribution is 9.10. The summed E-state index contributed by atoms with van der Waals surface area (Å²) in [6.07, 6.45) is 0.964. The van der Waals surface area contributed by atoms with Crippen molar-refractivity contribution in [1.82, 2.24) is 5.32 Å². The van der Waals surface area contributed by atoms with Crippen LogP contribution in [0, 0.1) is 5.92 Å². The van der Waals surface area contributed by atoms with Crippen LogP contribution in [0.15, 0.2) is 33.6 Å². The maximum absolute atomic E-state index is 12.4. The van der Waals surface area contributed by atoms with Gasteiger partial charge in [-0.15, -0.1) is 0 Å². The van der Waals surface area contributed by atoms with Crippen LogP contribution in [-0.4, -0.2) is 26.8 Å². The van der Waals surface area contributed by atoms with Crippen LogP contribution in [0.3, 0.4) is 0 Å². The summed E-state index contributed by atoms with van der Waals surface area (Å²) in [5.41, 5.74) is 0. The highest BCUT2D eigenvalue weighted by atomic mass is 79.9. The van der Waals surface area contributed by atoms with Gasteiger partial charge in [-0.2, -0.15) is 0 Å². The molecule has 1 aromatic carbocycles. The van der Waals surface area contributed by atoms with Crippen LogP contribution >= 0.6 is 15.9 Å². The van der Waals surface area contributed by atoms with Crippen molar-refractivity contribution in [2.45, 2.75) is 38.1 Å². The average Bonchev–Trinajstić information content (AvgIpc) is 2.37. The van der Waals surface area contributed by atoms with Crippen LogP contribution in [0.25, 0.3) is 0 Å². The highest BCUT2D eigenvalue weighted by Crippen LogP contribution is 2.20. The molecule has 0 bridgehead atoms. The molecule has 0 heterocycles. The van der Waals surface area contributed by atoms with E-state index in [-0.39, 0.29) is 11.8 Å². The molecule has 1 aromatic rings. The van der Waals surface area contributed by atoms with Gasteiger partial charge in [0.05, 0.1) is 10.6 Å². The van der Waals surface area contributed by atoms with Crippen molar-refractivity contribution in [3.05, 3.63) is 28.7 Å². The van der Waals surface area contributed by atoms with Crippen molar-refractivity contribution < 1.29 is 8.42 Å². The molecule has 5 heteroatoms. The SMILES string of the molecule is CCNC(CS(=O)(=O)c1cccc(Br)c1)C(C)CC. The Labute approximate surface area is 124 Å². The first kappa shape index (κ1) is 16.7. The summed E-state index contributed by atoms with van der Waals surface area (Å²) in [6, 6.07) is 6.89. The summed E-state index contributed by atoms with van der Waals surface area (Å²) < 4.78 is 25.6. The highest BCUT2D eigenvalue weighted by Gasteiger charge is 2.24. The lowest BCUT2D eigenvalue weighted by molar-refractivity contribution is 0.398. The fraction of sp³-hybridized carbons (Fsp3) is 0.571. The molecule has 0 aliphatic carbocycles. The third-order valence-corrected chi connectivity index (χ3v) is 5.61. The number of nitrogens with one attached hydrogen (secondary N) is 1. The van der Waals surface area contributed by atoms with Crippen LogP contribution in [0.1, 0.15) is 27.2 Å². The molecule has 0 aromatic heterocycles. The zero-order valence-electron chi connectivity index (χ0n) is 11.7. The number of benzene rings is 1. The molecule has 0 aliphatic rings. The van der Waals surface area contributed by atoms with Gasteiger partial charge in [-0.1, -0.05) is 49.2 Å². The van der Waals surface area contributed by atoms with E-state index < -0.39 is 9.84 Å². The Morgan fingerprint density at radius 3 is 2.53 bits per heavy atom. The molecule has 19 heavy (non-hydrogen) atoms. The minimum Gasteiger partial charge on any atom is -0.313 e. The quantitative estimate of drug-likeness (QED) is 0.823. The Balaban J connectivity index is 2.94. The van der Waals surface area contributed by atoms with Gasteiger partial charge in [-0.3, -0.25) is 0 Å². The van der Waals surface area contributed by atoms with Crippen molar-refractivity contribution >= 4 is 25.8 Å². The van der Waals surface area contributed by atoms with Crippen LogP contribution in [0.4, 0.5) is 0 Å². The number of hydrogen-bond donors (Lipinski definition) is 1. The van der Waals surface area contributed by atoms with Gasteiger partial charge in [0.15, 0.2) is 9.84 Å². The summed E-state index contributed by atoms with van der Waals surface area (Å²) in [6.45, 7) is 6.95. The molecule has 0 saturated carbocycles. The molecule has 0 amide bonds. The monoisotopic (exact) mass is 347 g/mol. The fourth-order valence-electron chi connectivity index (χ4n) is 1.96. The standard InChI is InChI=1S/C14H22BrNO2S/c1-4-11(3)14(16-5-2)10-19(17,18)13-8-6-7-12(15)9-13/h6-9,11,14,16H,4-5,10H2,1-3H3. The first-order valence-corrected chi connectivity index (χ1v) is 9.07. The minimum absolute atomic E-state index is 0.000943. The van der Waals surface area contributed by atoms with Crippen molar-refractivity contribution in [2.75, 3.05) is 12.3 Å². The van der Waals surface area contributed by atoms with Crippen molar-refractivity contribution in [3.8, 4) is 0 Å². The summed E-state index contributed by atoms with van der Waals surface area (Å²) in [4.78, 5) is 0.382. The van der Waals surface area contributed by atoms with Crippen molar-refractivity contribution in [2.24, 2.45) is 5.92 Å². The molecule has 1 rings (SSSR count). The molecule has 0 aliphatic heterocycles. The second-order valence-electron chi connectivity index (χ2n) is 4.79. The van der Waals surface area contributed by atoms with Gasteiger partial charge in [0, 0.05) is 10.5 Å². The van der Waals surface area contributed by atoms with Gasteiger partial charge in [-0.25, -0.2) is 8.42 Å². The Morgan fingerprint density at radius 2 is 2.00 bits per heavy atom. The predicted molar refractivity (Wildman–Crippen MR) is 83.1 cm³/mol. The maximum Gasteiger partial charge on any atom is 0.179 e. The lowest BCUT2D eigenvalue weighted by Crippen LogP contribution is -2.40. The van der Waals surface area contributed by atoms with Gasteiger partial charge in [0.2, 0.25) is 0 Å². The minimum atomic E-state index is -3.25. The van der Waals surface area contributed by atoms with Crippen LogP contribution < -0.4 is 5.32 Å². The van der Waals surface area contributed by atoms with E-state index in [2.05, 4.69) is 35.1 Å². The molecule has 3 nitrogen and oxygen atoms in total. The summed E-state index contributed by atoms with van der Waals surface area (Å²) in [5.74, 6) is 0.480. The van der Waals surface area contributed by atoms with E-state index in [9.17, 15) is 8.42 Å². The van der Waals surface area contributed by atoms with E-state index >= 15 is 0 Å². The molecule has 0 radical (unpaired) electrons. The van der Waals surface area contributed by atoms with Gasteiger partial charge < -0.3 is 5.32 Å². The number of rotatable bonds is 7. The molecule has 2 unspecified atom stereocenters. The molecular weight excluding hydrogens is 326 g/mol. The van der Waals surface area contributed by atoms with E-state index in [4.69, 9.17) is 0 Å². The molecule has 0 saturated heterocycles. The Morgan fingerprint density at radius 1 is 1.32 bits per heavy atom. The van der Waals surface area contributed by atoms with Gasteiger partial charge in [0.25, 0.3) is 0 Å². The molecule has 1 N–H and O–H groups in total. The maximum atomic E-state index is 12.4. The average molecular weight is 348 g/mol. The largest absolute Gasteiger partial charge is 0.313 e. The van der Waals surface area contributed by atoms with E-state index in [0.717, 1.165) is 17.4 Å². The number of sulfone groups is 1. The molecular formula is C14H22BrNO2S. The third kappa shape index (κ3) is 4.89. The second kappa shape index (κ2) is 7.41. The van der Waals surface area contributed by atoms with Crippen LogP contribution in [-0.2, 0) is 9.84 Å². The van der Waals surface area contributed by atoms with E-state index in [1.165, 1.54) is 0 Å². The summed E-state index contributed by atoms with van der Waals surface area (Å²) in [5, 5.41) is 3.28. The zero-order valence-corrected chi connectivity index (χ0v) is 14.1. The second-order valence-corrected chi connectivity index (χ2v) is 7.74. The smallest absolute Gasteiger partial charge is 0.179 e. The van der Waals surface area contributed by atoms with Crippen LogP contribution in [0.5, 0.6) is 0 Å². The molecule has 0 fully saturated rings. The van der Waals surface area contributed by atoms with Crippen molar-refractivity contribution in [1.29, 1.82) is 0 Å². The normalized spacial score (nSPS) is 15.2. The van der Waals surface area contributed by atoms with Crippen molar-refractivity contribution in [3.63, 3.8) is 0 Å². The Hall–Kier alpha value is -0.390. The first-order chi connectivity index (χ1) is 8.90. The molecule has 2 atom stereocenters. The zero-order chi connectivity index (χ0) is 14.5. The Kier molecular flexibility index (Phi) is 6.50. The number of halogens is 1. The van der Waals surface area contributed by atoms with Gasteiger partial charge in [0.1, 0.15) is 0 Å². The lowest BCUT2D eigenvalue weighted by Gasteiger charge is -2.23. The topological polar surface area (TPSA) is 46.2 Å². The van der Waals surface area contributed by atoms with Crippen LogP contribution in [0.2, 0.25) is 0 Å².